The van der Waals surface area contributed by atoms with Crippen molar-refractivity contribution in [1.82, 2.24) is 14.9 Å². The number of aromatic nitrogens is 2. The Kier molecular flexibility index (Phi) is 5.30. The monoisotopic (exact) mass is 299 g/mol. The van der Waals surface area contributed by atoms with Gasteiger partial charge in [-0.25, -0.2) is 14.8 Å². The second-order valence-corrected chi connectivity index (χ2v) is 5.25. The molecule has 116 valence electrons. The Morgan fingerprint density at radius 3 is 2.32 bits per heavy atom. The number of benzene rings is 1. The Hall–Kier alpha value is -2.63. The Balaban J connectivity index is 1.85. The van der Waals surface area contributed by atoms with E-state index in [4.69, 9.17) is 0 Å². The van der Waals surface area contributed by atoms with E-state index in [2.05, 4.69) is 27.4 Å². The van der Waals surface area contributed by atoms with Gasteiger partial charge >= 0.3 is 6.03 Å². The van der Waals surface area contributed by atoms with E-state index in [0.717, 1.165) is 6.42 Å². The number of amides is 2. The molecule has 0 bridgehead atoms. The summed E-state index contributed by atoms with van der Waals surface area (Å²) in [7, 11) is 5.50. The van der Waals surface area contributed by atoms with Crippen molar-refractivity contribution in [2.75, 3.05) is 37.9 Å². The van der Waals surface area contributed by atoms with E-state index in [1.54, 1.807) is 29.2 Å². The highest BCUT2D eigenvalue weighted by atomic mass is 16.2. The van der Waals surface area contributed by atoms with Gasteiger partial charge in [0.1, 0.15) is 0 Å². The average Bonchev–Trinajstić information content (AvgIpc) is 2.54. The van der Waals surface area contributed by atoms with Crippen LogP contribution in [0.1, 0.15) is 5.56 Å². The zero-order chi connectivity index (χ0) is 15.9. The highest BCUT2D eigenvalue weighted by Crippen LogP contribution is 2.08. The fourth-order valence-corrected chi connectivity index (χ4v) is 1.88. The number of nitrogens with one attached hydrogen (secondary N) is 1. The van der Waals surface area contributed by atoms with Crippen molar-refractivity contribution in [3.05, 3.63) is 48.3 Å². The molecule has 0 radical (unpaired) electrons. The molecule has 0 aliphatic rings. The number of carbonyl (C=O) groups is 1. The van der Waals surface area contributed by atoms with Crippen molar-refractivity contribution in [1.29, 1.82) is 0 Å². The molecule has 0 aliphatic heterocycles. The number of hydrogen-bond acceptors (Lipinski definition) is 4. The maximum absolute atomic E-state index is 12.1. The minimum atomic E-state index is -0.169. The molecule has 2 aromatic rings. The summed E-state index contributed by atoms with van der Waals surface area (Å²) in [6.45, 7) is 0.645. The van der Waals surface area contributed by atoms with Crippen LogP contribution in [0.5, 0.6) is 0 Å². The Morgan fingerprint density at radius 2 is 1.73 bits per heavy atom. The van der Waals surface area contributed by atoms with E-state index in [1.807, 2.05) is 32.3 Å². The second-order valence-electron chi connectivity index (χ2n) is 5.25. The van der Waals surface area contributed by atoms with Crippen LogP contribution in [0, 0.1) is 0 Å². The van der Waals surface area contributed by atoms with Gasteiger partial charge in [-0.1, -0.05) is 30.3 Å². The van der Waals surface area contributed by atoms with Crippen molar-refractivity contribution in [3.63, 3.8) is 0 Å². The lowest BCUT2D eigenvalue weighted by molar-refractivity contribution is 0.223. The number of carbonyl (C=O) groups excluding carboxylic acids is 1. The molecule has 2 rings (SSSR count). The van der Waals surface area contributed by atoms with Gasteiger partial charge in [0.05, 0.1) is 18.1 Å². The summed E-state index contributed by atoms with van der Waals surface area (Å²) < 4.78 is 0. The third-order valence-corrected chi connectivity index (χ3v) is 3.21. The Labute approximate surface area is 130 Å². The molecular formula is C16H21N5O. The zero-order valence-corrected chi connectivity index (χ0v) is 13.2. The highest BCUT2D eigenvalue weighted by Gasteiger charge is 2.09. The predicted molar refractivity (Wildman–Crippen MR) is 88.2 cm³/mol. The maximum atomic E-state index is 12.1. The van der Waals surface area contributed by atoms with E-state index in [0.29, 0.717) is 18.2 Å². The fraction of sp³-hybridized carbons (Fsp3) is 0.312. The summed E-state index contributed by atoms with van der Waals surface area (Å²) in [5, 5.41) is 2.79. The summed E-state index contributed by atoms with van der Waals surface area (Å²) in [5.74, 6) is 0.607. The summed E-state index contributed by atoms with van der Waals surface area (Å²) in [5.41, 5.74) is 1.79. The lowest BCUT2D eigenvalue weighted by Gasteiger charge is -2.18. The molecule has 1 heterocycles. The van der Waals surface area contributed by atoms with Gasteiger partial charge in [0.2, 0.25) is 5.95 Å². The third kappa shape index (κ3) is 4.44. The van der Waals surface area contributed by atoms with Crippen molar-refractivity contribution in [2.24, 2.45) is 0 Å². The molecule has 0 unspecified atom stereocenters. The second kappa shape index (κ2) is 7.40. The van der Waals surface area contributed by atoms with Gasteiger partial charge in [-0.2, -0.15) is 0 Å². The number of anilines is 2. The maximum Gasteiger partial charge on any atom is 0.321 e. The van der Waals surface area contributed by atoms with Crippen molar-refractivity contribution in [2.45, 2.75) is 6.42 Å². The molecule has 1 N–H and O–H groups in total. The van der Waals surface area contributed by atoms with E-state index < -0.39 is 0 Å². The van der Waals surface area contributed by atoms with E-state index >= 15 is 0 Å². The largest absolute Gasteiger partial charge is 0.347 e. The quantitative estimate of drug-likeness (QED) is 0.920. The number of urea groups is 1. The molecule has 0 spiro atoms. The van der Waals surface area contributed by atoms with Crippen LogP contribution in [-0.2, 0) is 6.42 Å². The van der Waals surface area contributed by atoms with Gasteiger partial charge in [-0.05, 0) is 12.0 Å². The predicted octanol–water partition coefficient (Wildman–Crippen LogP) is 2.25. The number of likely N-dealkylation sites (N-methyl/N-ethyl adjacent to an activating group) is 1. The van der Waals surface area contributed by atoms with Crippen LogP contribution in [0.3, 0.4) is 0 Å². The topological polar surface area (TPSA) is 61.4 Å². The molecule has 2 amide bonds. The Morgan fingerprint density at radius 1 is 1.09 bits per heavy atom. The van der Waals surface area contributed by atoms with Gasteiger partial charge < -0.3 is 15.1 Å². The zero-order valence-electron chi connectivity index (χ0n) is 13.2. The van der Waals surface area contributed by atoms with Crippen LogP contribution in [0.25, 0.3) is 0 Å². The first kappa shape index (κ1) is 15.8. The SMILES string of the molecule is CN(CCc1ccccc1)C(=O)Nc1cnc(N(C)C)nc1. The molecule has 1 aromatic carbocycles. The minimum Gasteiger partial charge on any atom is -0.347 e. The number of hydrogen-bond donors (Lipinski definition) is 1. The van der Waals surface area contributed by atoms with Crippen LogP contribution in [0.4, 0.5) is 16.4 Å². The molecule has 0 fully saturated rings. The van der Waals surface area contributed by atoms with Gasteiger partial charge in [0.15, 0.2) is 0 Å². The standard InChI is InChI=1S/C16H21N5O/c1-20(2)15-17-11-14(12-18-15)19-16(22)21(3)10-9-13-7-5-4-6-8-13/h4-8,11-12H,9-10H2,1-3H3,(H,19,22). The third-order valence-electron chi connectivity index (χ3n) is 3.21. The van der Waals surface area contributed by atoms with Gasteiger partial charge in [0, 0.05) is 27.7 Å². The van der Waals surface area contributed by atoms with Crippen LogP contribution in [0.2, 0.25) is 0 Å². The van der Waals surface area contributed by atoms with E-state index in [-0.39, 0.29) is 6.03 Å². The first-order chi connectivity index (χ1) is 10.6. The molecule has 6 nitrogen and oxygen atoms in total. The molecular weight excluding hydrogens is 278 g/mol. The van der Waals surface area contributed by atoms with Crippen LogP contribution < -0.4 is 10.2 Å². The molecule has 0 aliphatic carbocycles. The summed E-state index contributed by atoms with van der Waals surface area (Å²) >= 11 is 0. The summed E-state index contributed by atoms with van der Waals surface area (Å²) in [6, 6.07) is 9.92. The first-order valence-corrected chi connectivity index (χ1v) is 7.11. The molecule has 1 aromatic heterocycles. The summed E-state index contributed by atoms with van der Waals surface area (Å²) in [4.78, 5) is 23.9. The number of rotatable bonds is 5. The smallest absolute Gasteiger partial charge is 0.321 e. The molecule has 0 saturated heterocycles. The first-order valence-electron chi connectivity index (χ1n) is 7.11. The minimum absolute atomic E-state index is 0.169. The van der Waals surface area contributed by atoms with Crippen LogP contribution in [0.15, 0.2) is 42.7 Å². The van der Waals surface area contributed by atoms with Crippen LogP contribution >= 0.6 is 0 Å². The molecule has 0 saturated carbocycles. The average molecular weight is 299 g/mol. The number of nitrogens with zero attached hydrogens (tertiary/aromatic N) is 4. The van der Waals surface area contributed by atoms with Gasteiger partial charge in [0.25, 0.3) is 0 Å². The van der Waals surface area contributed by atoms with Crippen molar-refractivity contribution in [3.8, 4) is 0 Å². The Bertz CT molecular complexity index is 598. The summed E-state index contributed by atoms with van der Waals surface area (Å²) in [6.07, 6.45) is 4.03. The van der Waals surface area contributed by atoms with Crippen molar-refractivity contribution < 1.29 is 4.79 Å². The van der Waals surface area contributed by atoms with E-state index in [9.17, 15) is 4.79 Å². The lowest BCUT2D eigenvalue weighted by Crippen LogP contribution is -2.33. The van der Waals surface area contributed by atoms with Gasteiger partial charge in [-0.15, -0.1) is 0 Å². The molecule has 6 heteroatoms. The van der Waals surface area contributed by atoms with E-state index in [1.165, 1.54) is 5.56 Å². The fourth-order valence-electron chi connectivity index (χ4n) is 1.88. The highest BCUT2D eigenvalue weighted by molar-refractivity contribution is 5.88. The van der Waals surface area contributed by atoms with Crippen LogP contribution in [-0.4, -0.2) is 48.6 Å². The normalized spacial score (nSPS) is 10.1. The molecule has 0 atom stereocenters. The van der Waals surface area contributed by atoms with Crippen molar-refractivity contribution >= 4 is 17.7 Å². The van der Waals surface area contributed by atoms with Gasteiger partial charge in [-0.3, -0.25) is 0 Å². The molecule has 22 heavy (non-hydrogen) atoms. The lowest BCUT2D eigenvalue weighted by atomic mass is 10.1.